The Morgan fingerprint density at radius 1 is 0.828 bits per heavy atom. The summed E-state index contributed by atoms with van der Waals surface area (Å²) in [5, 5.41) is 5.07. The average molecular weight is 449 g/mol. The zero-order chi connectivity index (χ0) is 21.2. The Balaban J connectivity index is 1.78. The molecule has 0 radical (unpaired) electrons. The van der Waals surface area contributed by atoms with Crippen LogP contribution in [0.4, 0.5) is 5.69 Å². The summed E-state index contributed by atoms with van der Waals surface area (Å²) in [7, 11) is -7.95. The molecular weight excluding hydrogens is 428 g/mol. The fraction of sp³-hybridized carbons (Fsp3) is 0.100. The highest BCUT2D eigenvalue weighted by molar-refractivity contribution is 7.99. The molecule has 6 nitrogen and oxygen atoms in total. The van der Waals surface area contributed by atoms with Crippen LogP contribution in [0.3, 0.4) is 0 Å². The van der Waals surface area contributed by atoms with E-state index in [2.05, 4.69) is 16.9 Å². The monoisotopic (exact) mass is 448 g/mol. The standard InChI is InChI=1S/C20H20N2O4S3/c1-14-6-11-20(15(2)12-14)27-17-9-7-16(8-10-17)22-29(25,26)19-5-3-4-18(13-19)28(21,23)24/h3-13,22H,1-2H3,(H2,21,23,24). The Morgan fingerprint density at radius 3 is 2.10 bits per heavy atom. The van der Waals surface area contributed by atoms with Gasteiger partial charge in [-0.15, -0.1) is 0 Å². The summed E-state index contributed by atoms with van der Waals surface area (Å²) < 4.78 is 50.5. The van der Waals surface area contributed by atoms with Gasteiger partial charge >= 0.3 is 0 Å². The lowest BCUT2D eigenvalue weighted by Crippen LogP contribution is -2.16. The zero-order valence-electron chi connectivity index (χ0n) is 15.8. The molecule has 3 N–H and O–H groups in total. The molecule has 0 saturated heterocycles. The number of sulfonamides is 2. The van der Waals surface area contributed by atoms with Crippen LogP contribution >= 0.6 is 11.8 Å². The van der Waals surface area contributed by atoms with Crippen LogP contribution in [0.5, 0.6) is 0 Å². The molecule has 0 atom stereocenters. The van der Waals surface area contributed by atoms with Crippen molar-refractivity contribution >= 4 is 37.5 Å². The van der Waals surface area contributed by atoms with Crippen LogP contribution in [0.1, 0.15) is 11.1 Å². The molecule has 0 heterocycles. The van der Waals surface area contributed by atoms with Crippen molar-refractivity contribution in [2.45, 2.75) is 33.4 Å². The van der Waals surface area contributed by atoms with E-state index in [1.54, 1.807) is 23.9 Å². The molecule has 0 bridgehead atoms. The number of anilines is 1. The van der Waals surface area contributed by atoms with Crippen LogP contribution in [0.15, 0.2) is 86.3 Å². The fourth-order valence-electron chi connectivity index (χ4n) is 2.66. The van der Waals surface area contributed by atoms with E-state index in [9.17, 15) is 16.8 Å². The third kappa shape index (κ3) is 5.39. The summed E-state index contributed by atoms with van der Waals surface area (Å²) in [6.07, 6.45) is 0. The third-order valence-electron chi connectivity index (χ3n) is 4.11. The first-order valence-electron chi connectivity index (χ1n) is 8.55. The topological polar surface area (TPSA) is 106 Å². The van der Waals surface area contributed by atoms with Crippen molar-refractivity contribution in [3.63, 3.8) is 0 Å². The molecule has 0 amide bonds. The van der Waals surface area contributed by atoms with Gasteiger partial charge in [-0.3, -0.25) is 4.72 Å². The SMILES string of the molecule is Cc1ccc(Sc2ccc(NS(=O)(=O)c3cccc(S(N)(=O)=O)c3)cc2)c(C)c1. The van der Waals surface area contributed by atoms with E-state index in [0.29, 0.717) is 5.69 Å². The highest BCUT2D eigenvalue weighted by Gasteiger charge is 2.17. The van der Waals surface area contributed by atoms with Crippen molar-refractivity contribution in [1.29, 1.82) is 0 Å². The number of benzene rings is 3. The van der Waals surface area contributed by atoms with Crippen molar-refractivity contribution in [1.82, 2.24) is 0 Å². The third-order valence-corrected chi connectivity index (χ3v) is 7.58. The number of nitrogens with two attached hydrogens (primary N) is 1. The Bertz CT molecular complexity index is 1250. The van der Waals surface area contributed by atoms with Gasteiger partial charge in [0.05, 0.1) is 9.79 Å². The summed E-state index contributed by atoms with van der Waals surface area (Å²) >= 11 is 1.59. The first-order valence-corrected chi connectivity index (χ1v) is 12.4. The summed E-state index contributed by atoms with van der Waals surface area (Å²) in [6, 6.07) is 18.1. The number of primary sulfonamides is 1. The first kappa shape index (κ1) is 21.4. The summed E-state index contributed by atoms with van der Waals surface area (Å²) in [5.41, 5.74) is 2.74. The normalized spacial score (nSPS) is 12.0. The van der Waals surface area contributed by atoms with Gasteiger partial charge < -0.3 is 0 Å². The van der Waals surface area contributed by atoms with Crippen LogP contribution < -0.4 is 9.86 Å². The highest BCUT2D eigenvalue weighted by atomic mass is 32.2. The van der Waals surface area contributed by atoms with Gasteiger partial charge in [0.2, 0.25) is 10.0 Å². The van der Waals surface area contributed by atoms with Gasteiger partial charge in [0, 0.05) is 15.5 Å². The van der Waals surface area contributed by atoms with Crippen LogP contribution in [-0.4, -0.2) is 16.8 Å². The Morgan fingerprint density at radius 2 is 1.48 bits per heavy atom. The lowest BCUT2D eigenvalue weighted by Gasteiger charge is -2.10. The van der Waals surface area contributed by atoms with Crippen molar-refractivity contribution in [2.24, 2.45) is 5.14 Å². The van der Waals surface area contributed by atoms with Crippen molar-refractivity contribution in [2.75, 3.05) is 4.72 Å². The summed E-state index contributed by atoms with van der Waals surface area (Å²) in [5.74, 6) is 0. The van der Waals surface area contributed by atoms with E-state index in [0.717, 1.165) is 15.9 Å². The lowest BCUT2D eigenvalue weighted by atomic mass is 10.2. The average Bonchev–Trinajstić information content (AvgIpc) is 2.65. The van der Waals surface area contributed by atoms with Crippen molar-refractivity contribution < 1.29 is 16.8 Å². The molecule has 3 aromatic rings. The van der Waals surface area contributed by atoms with Crippen LogP contribution in [0.2, 0.25) is 0 Å². The van der Waals surface area contributed by atoms with Crippen LogP contribution in [-0.2, 0) is 20.0 Å². The number of hydrogen-bond donors (Lipinski definition) is 2. The van der Waals surface area contributed by atoms with Crippen LogP contribution in [0, 0.1) is 13.8 Å². The molecule has 9 heteroatoms. The minimum Gasteiger partial charge on any atom is -0.280 e. The maximum Gasteiger partial charge on any atom is 0.261 e. The van der Waals surface area contributed by atoms with E-state index < -0.39 is 20.0 Å². The quantitative estimate of drug-likeness (QED) is 0.595. The van der Waals surface area contributed by atoms with Crippen molar-refractivity contribution in [3.8, 4) is 0 Å². The molecule has 152 valence electrons. The molecule has 29 heavy (non-hydrogen) atoms. The Labute approximate surface area is 175 Å². The van der Waals surface area contributed by atoms with E-state index in [4.69, 9.17) is 5.14 Å². The van der Waals surface area contributed by atoms with Gasteiger partial charge in [-0.1, -0.05) is 35.5 Å². The molecule has 0 saturated carbocycles. The molecule has 0 fully saturated rings. The maximum absolute atomic E-state index is 12.6. The van der Waals surface area contributed by atoms with E-state index in [1.807, 2.05) is 32.0 Å². The summed E-state index contributed by atoms with van der Waals surface area (Å²) in [6.45, 7) is 4.09. The second-order valence-electron chi connectivity index (χ2n) is 6.52. The number of aryl methyl sites for hydroxylation is 2. The molecular formula is C20H20N2O4S3. The van der Waals surface area contributed by atoms with E-state index in [1.165, 1.54) is 29.3 Å². The van der Waals surface area contributed by atoms with Gasteiger partial charge in [-0.25, -0.2) is 22.0 Å². The maximum atomic E-state index is 12.6. The fourth-order valence-corrected chi connectivity index (χ4v) is 5.28. The second-order valence-corrected chi connectivity index (χ2v) is 10.9. The van der Waals surface area contributed by atoms with Gasteiger partial charge in [0.25, 0.3) is 10.0 Å². The predicted octanol–water partition coefficient (Wildman–Crippen LogP) is 3.90. The summed E-state index contributed by atoms with van der Waals surface area (Å²) in [4.78, 5) is 1.65. The number of rotatable bonds is 6. The van der Waals surface area contributed by atoms with Crippen molar-refractivity contribution in [3.05, 3.63) is 77.9 Å². The van der Waals surface area contributed by atoms with Gasteiger partial charge in [0.1, 0.15) is 0 Å². The number of nitrogens with one attached hydrogen (secondary N) is 1. The molecule has 0 aliphatic rings. The smallest absolute Gasteiger partial charge is 0.261 e. The molecule has 0 spiro atoms. The van der Waals surface area contributed by atoms with E-state index in [-0.39, 0.29) is 9.79 Å². The first-order chi connectivity index (χ1) is 13.5. The largest absolute Gasteiger partial charge is 0.280 e. The highest BCUT2D eigenvalue weighted by Crippen LogP contribution is 2.31. The molecule has 0 aliphatic carbocycles. The van der Waals surface area contributed by atoms with E-state index >= 15 is 0 Å². The molecule has 0 unspecified atom stereocenters. The second kappa shape index (κ2) is 8.19. The molecule has 0 aromatic heterocycles. The number of hydrogen-bond acceptors (Lipinski definition) is 5. The van der Waals surface area contributed by atoms with Gasteiger partial charge in [0.15, 0.2) is 0 Å². The molecule has 3 aromatic carbocycles. The Hall–Kier alpha value is -2.33. The molecule has 0 aliphatic heterocycles. The molecule has 3 rings (SSSR count). The van der Waals surface area contributed by atoms with Crippen LogP contribution in [0.25, 0.3) is 0 Å². The minimum atomic E-state index is -4.00. The predicted molar refractivity (Wildman–Crippen MR) is 115 cm³/mol. The van der Waals surface area contributed by atoms with Gasteiger partial charge in [-0.05, 0) is 67.9 Å². The Kier molecular flexibility index (Phi) is 6.04. The lowest BCUT2D eigenvalue weighted by molar-refractivity contribution is 0.597. The van der Waals surface area contributed by atoms with Gasteiger partial charge in [-0.2, -0.15) is 0 Å². The minimum absolute atomic E-state index is 0.183. The zero-order valence-corrected chi connectivity index (χ0v) is 18.2.